The zero-order chi connectivity index (χ0) is 25.0. The van der Waals surface area contributed by atoms with Crippen molar-refractivity contribution in [3.05, 3.63) is 53.3 Å². The fraction of sp³-hybridized carbons (Fsp3) is 0.435. The Labute approximate surface area is 204 Å². The molecule has 0 unspecified atom stereocenters. The van der Waals surface area contributed by atoms with Gasteiger partial charge < -0.3 is 10.1 Å². The van der Waals surface area contributed by atoms with Gasteiger partial charge in [-0.25, -0.2) is 17.7 Å². The molecule has 3 aromatic rings. The van der Waals surface area contributed by atoms with Crippen LogP contribution >= 0.6 is 0 Å². The summed E-state index contributed by atoms with van der Waals surface area (Å²) in [5, 5.41) is 15.6. The lowest BCUT2D eigenvalue weighted by atomic mass is 10.00. The number of pyridine rings is 1. The number of ether oxygens (including phenoxy) is 1. The van der Waals surface area contributed by atoms with Crippen molar-refractivity contribution in [2.45, 2.75) is 32.9 Å². The molecule has 2 aromatic heterocycles. The van der Waals surface area contributed by atoms with Crippen molar-refractivity contribution in [1.29, 1.82) is 0 Å². The van der Waals surface area contributed by atoms with E-state index in [2.05, 4.69) is 25.7 Å². The van der Waals surface area contributed by atoms with E-state index in [0.717, 1.165) is 24.2 Å². The van der Waals surface area contributed by atoms with Crippen molar-refractivity contribution in [1.82, 2.24) is 34.8 Å². The van der Waals surface area contributed by atoms with Crippen LogP contribution in [0.15, 0.2) is 36.4 Å². The first-order valence-corrected chi connectivity index (χ1v) is 13.2. The largest absolute Gasteiger partial charge is 0.497 e. The SMILES string of the molecule is COc1cccc(CNC(=O)c2cc(-c3nnn(C[C@@H]4CCCN(S(C)(=O)=O)C4)n3)cc(C)n2)c1. The van der Waals surface area contributed by atoms with Crippen LogP contribution in [0.5, 0.6) is 5.75 Å². The topological polar surface area (TPSA) is 132 Å². The third-order valence-corrected chi connectivity index (χ3v) is 7.13. The number of amides is 1. The van der Waals surface area contributed by atoms with Gasteiger partial charge in [-0.1, -0.05) is 12.1 Å². The number of nitrogens with one attached hydrogen (secondary N) is 1. The number of hydrogen-bond acceptors (Lipinski definition) is 8. The number of tetrazole rings is 1. The normalized spacial score (nSPS) is 16.7. The van der Waals surface area contributed by atoms with Gasteiger partial charge >= 0.3 is 0 Å². The summed E-state index contributed by atoms with van der Waals surface area (Å²) in [5.74, 6) is 0.901. The van der Waals surface area contributed by atoms with Gasteiger partial charge in [0.1, 0.15) is 11.4 Å². The summed E-state index contributed by atoms with van der Waals surface area (Å²) in [6.07, 6.45) is 2.93. The molecule has 11 nitrogen and oxygen atoms in total. The van der Waals surface area contributed by atoms with Gasteiger partial charge in [0.05, 0.1) is 19.9 Å². The minimum atomic E-state index is -3.22. The smallest absolute Gasteiger partial charge is 0.270 e. The van der Waals surface area contributed by atoms with E-state index < -0.39 is 10.0 Å². The number of benzene rings is 1. The first kappa shape index (κ1) is 24.7. The first-order chi connectivity index (χ1) is 16.7. The predicted molar refractivity (Wildman–Crippen MR) is 129 cm³/mol. The van der Waals surface area contributed by atoms with E-state index in [1.165, 1.54) is 15.4 Å². The summed E-state index contributed by atoms with van der Waals surface area (Å²) >= 11 is 0. The Kier molecular flexibility index (Phi) is 7.41. The van der Waals surface area contributed by atoms with Crippen LogP contribution in [0.3, 0.4) is 0 Å². The lowest BCUT2D eigenvalue weighted by Crippen LogP contribution is -2.40. The van der Waals surface area contributed by atoms with E-state index in [9.17, 15) is 13.2 Å². The number of aryl methyl sites for hydroxylation is 1. The average molecular weight is 500 g/mol. The van der Waals surface area contributed by atoms with Crippen LogP contribution in [0.1, 0.15) is 34.6 Å². The van der Waals surface area contributed by atoms with Crippen LogP contribution in [0.4, 0.5) is 0 Å². The van der Waals surface area contributed by atoms with Gasteiger partial charge in [0.2, 0.25) is 15.8 Å². The Morgan fingerprint density at radius 2 is 2.09 bits per heavy atom. The second kappa shape index (κ2) is 10.5. The quantitative estimate of drug-likeness (QED) is 0.495. The molecule has 35 heavy (non-hydrogen) atoms. The van der Waals surface area contributed by atoms with Crippen LogP contribution in [0.2, 0.25) is 0 Å². The number of carbonyl (C=O) groups is 1. The van der Waals surface area contributed by atoms with Crippen LogP contribution in [-0.4, -0.2) is 70.3 Å². The number of aromatic nitrogens is 5. The fourth-order valence-corrected chi connectivity index (χ4v) is 5.06. The number of nitrogens with zero attached hydrogens (tertiary/aromatic N) is 6. The molecule has 0 radical (unpaired) electrons. The van der Waals surface area contributed by atoms with Gasteiger partial charge in [0, 0.05) is 30.9 Å². The predicted octanol–water partition coefficient (Wildman–Crippen LogP) is 1.65. The number of rotatable bonds is 8. The molecule has 1 atom stereocenters. The van der Waals surface area contributed by atoms with E-state index in [-0.39, 0.29) is 17.5 Å². The second-order valence-electron chi connectivity index (χ2n) is 8.71. The van der Waals surface area contributed by atoms with Gasteiger partial charge in [0.15, 0.2) is 0 Å². The van der Waals surface area contributed by atoms with Crippen molar-refractivity contribution in [3.63, 3.8) is 0 Å². The highest BCUT2D eigenvalue weighted by atomic mass is 32.2. The molecule has 0 bridgehead atoms. The van der Waals surface area contributed by atoms with E-state index in [4.69, 9.17) is 4.74 Å². The van der Waals surface area contributed by atoms with Gasteiger partial charge in [-0.15, -0.1) is 10.2 Å². The molecule has 0 saturated carbocycles. The summed E-state index contributed by atoms with van der Waals surface area (Å²) in [6.45, 7) is 3.60. The molecule has 1 aromatic carbocycles. The monoisotopic (exact) mass is 499 g/mol. The summed E-state index contributed by atoms with van der Waals surface area (Å²) in [5.41, 5.74) is 2.46. The van der Waals surface area contributed by atoms with Gasteiger partial charge in [0.25, 0.3) is 5.91 Å². The molecule has 1 amide bonds. The van der Waals surface area contributed by atoms with E-state index in [1.807, 2.05) is 24.3 Å². The third-order valence-electron chi connectivity index (χ3n) is 5.86. The third kappa shape index (κ3) is 6.40. The first-order valence-electron chi connectivity index (χ1n) is 11.3. The van der Waals surface area contributed by atoms with Gasteiger partial charge in [-0.2, -0.15) is 4.80 Å². The highest BCUT2D eigenvalue weighted by Crippen LogP contribution is 2.21. The summed E-state index contributed by atoms with van der Waals surface area (Å²) < 4.78 is 30.5. The Morgan fingerprint density at radius 1 is 1.26 bits per heavy atom. The number of carbonyl (C=O) groups excluding carboxylic acids is 1. The molecule has 1 fully saturated rings. The Bertz CT molecular complexity index is 1310. The standard InChI is InChI=1S/C23H29N7O4S/c1-16-10-19(12-21(25-16)23(31)24-13-17-6-4-8-20(11-17)34-2)22-26-28-30(27-22)15-18-7-5-9-29(14-18)35(3,32)33/h4,6,8,10-12,18H,5,7,9,13-15H2,1-3H3,(H,24,31)/t18-/m1/s1. The van der Waals surface area contributed by atoms with Crippen LogP contribution in [-0.2, 0) is 23.1 Å². The van der Waals surface area contributed by atoms with Gasteiger partial charge in [-0.3, -0.25) is 4.79 Å². The molecule has 1 saturated heterocycles. The maximum atomic E-state index is 12.8. The second-order valence-corrected chi connectivity index (χ2v) is 10.7. The molecular weight excluding hydrogens is 470 g/mol. The molecule has 1 aliphatic heterocycles. The molecule has 0 spiro atoms. The Hall–Kier alpha value is -3.38. The Morgan fingerprint density at radius 3 is 2.86 bits per heavy atom. The van der Waals surface area contributed by atoms with Crippen molar-refractivity contribution in [3.8, 4) is 17.1 Å². The summed E-state index contributed by atoms with van der Waals surface area (Å²) in [7, 11) is -1.62. The number of hydrogen-bond donors (Lipinski definition) is 1. The van der Waals surface area contributed by atoms with E-state index in [1.54, 1.807) is 26.2 Å². The number of piperidine rings is 1. The average Bonchev–Trinajstić information content (AvgIpc) is 3.30. The van der Waals surface area contributed by atoms with E-state index >= 15 is 0 Å². The maximum absolute atomic E-state index is 12.8. The highest BCUT2D eigenvalue weighted by Gasteiger charge is 2.26. The summed E-state index contributed by atoms with van der Waals surface area (Å²) in [6, 6.07) is 10.9. The van der Waals surface area contributed by atoms with Crippen LogP contribution in [0.25, 0.3) is 11.4 Å². The molecule has 186 valence electrons. The molecule has 1 N–H and O–H groups in total. The number of methoxy groups -OCH3 is 1. The van der Waals surface area contributed by atoms with Crippen molar-refractivity contribution in [2.24, 2.45) is 5.92 Å². The maximum Gasteiger partial charge on any atom is 0.270 e. The van der Waals surface area contributed by atoms with Crippen LogP contribution in [0, 0.1) is 12.8 Å². The molecule has 3 heterocycles. The lowest BCUT2D eigenvalue weighted by Gasteiger charge is -2.30. The molecule has 12 heteroatoms. The minimum absolute atomic E-state index is 0.109. The number of sulfonamides is 1. The van der Waals surface area contributed by atoms with Crippen molar-refractivity contribution in [2.75, 3.05) is 26.5 Å². The molecule has 4 rings (SSSR count). The van der Waals surface area contributed by atoms with Crippen molar-refractivity contribution < 1.29 is 17.9 Å². The molecule has 0 aliphatic carbocycles. The Balaban J connectivity index is 1.43. The molecular formula is C23H29N7O4S. The van der Waals surface area contributed by atoms with E-state index in [0.29, 0.717) is 43.3 Å². The fourth-order valence-electron chi connectivity index (χ4n) is 4.11. The zero-order valence-corrected chi connectivity index (χ0v) is 20.8. The highest BCUT2D eigenvalue weighted by molar-refractivity contribution is 7.88. The minimum Gasteiger partial charge on any atom is -0.497 e. The van der Waals surface area contributed by atoms with Crippen molar-refractivity contribution >= 4 is 15.9 Å². The molecule has 1 aliphatic rings. The lowest BCUT2D eigenvalue weighted by molar-refractivity contribution is 0.0945. The van der Waals surface area contributed by atoms with Gasteiger partial charge in [-0.05, 0) is 60.7 Å². The van der Waals surface area contributed by atoms with Crippen LogP contribution < -0.4 is 10.1 Å². The summed E-state index contributed by atoms with van der Waals surface area (Å²) in [4.78, 5) is 18.6. The zero-order valence-electron chi connectivity index (χ0n) is 20.0.